The van der Waals surface area contributed by atoms with Gasteiger partial charge in [-0.1, -0.05) is 38.2 Å². The highest BCUT2D eigenvalue weighted by Crippen LogP contribution is 2.28. The van der Waals surface area contributed by atoms with Gasteiger partial charge >= 0.3 is 0 Å². The minimum atomic E-state index is -0.518. The molecule has 1 aromatic carbocycles. The first-order valence-electron chi connectivity index (χ1n) is 12.7. The SMILES string of the molecule is COc1ccc(CC(=O)N=C(N)N[C@H](CC2CCCCC2)C(=O)NCC2CCOCC2)cc1OC. The number of nitrogens with one attached hydrogen (secondary N) is 2. The predicted octanol–water partition coefficient (Wildman–Crippen LogP) is 2.56. The Labute approximate surface area is 208 Å². The quantitative estimate of drug-likeness (QED) is 0.341. The van der Waals surface area contributed by atoms with Crippen LogP contribution in [0.3, 0.4) is 0 Å². The van der Waals surface area contributed by atoms with Gasteiger partial charge in [0.05, 0.1) is 20.6 Å². The molecule has 3 rings (SSSR count). The van der Waals surface area contributed by atoms with Gasteiger partial charge in [0.25, 0.3) is 5.91 Å². The van der Waals surface area contributed by atoms with Crippen LogP contribution in [0.25, 0.3) is 0 Å². The zero-order chi connectivity index (χ0) is 25.0. The van der Waals surface area contributed by atoms with Crippen LogP contribution in [0.1, 0.15) is 56.9 Å². The summed E-state index contributed by atoms with van der Waals surface area (Å²) in [6.45, 7) is 2.11. The lowest BCUT2D eigenvalue weighted by molar-refractivity contribution is -0.123. The third kappa shape index (κ3) is 8.72. The summed E-state index contributed by atoms with van der Waals surface area (Å²) >= 11 is 0. The number of hydrogen-bond acceptors (Lipinski definition) is 5. The Morgan fingerprint density at radius 2 is 1.77 bits per heavy atom. The van der Waals surface area contributed by atoms with Crippen molar-refractivity contribution in [2.75, 3.05) is 34.0 Å². The summed E-state index contributed by atoms with van der Waals surface area (Å²) in [6, 6.07) is 4.76. The van der Waals surface area contributed by atoms with Crippen LogP contribution in [-0.4, -0.2) is 57.8 Å². The van der Waals surface area contributed by atoms with Crippen molar-refractivity contribution >= 4 is 17.8 Å². The number of carbonyl (C=O) groups excluding carboxylic acids is 2. The molecule has 1 saturated carbocycles. The lowest BCUT2D eigenvalue weighted by Gasteiger charge is -2.28. The molecular weight excluding hydrogens is 448 g/mol. The molecule has 194 valence electrons. The molecule has 1 aliphatic carbocycles. The highest BCUT2D eigenvalue weighted by molar-refractivity contribution is 5.95. The molecule has 0 spiro atoms. The molecule has 1 heterocycles. The van der Waals surface area contributed by atoms with E-state index < -0.39 is 11.9 Å². The number of methoxy groups -OCH3 is 2. The molecule has 2 amide bonds. The van der Waals surface area contributed by atoms with E-state index in [2.05, 4.69) is 15.6 Å². The Morgan fingerprint density at radius 3 is 2.46 bits per heavy atom. The van der Waals surface area contributed by atoms with Crippen LogP contribution in [0.4, 0.5) is 0 Å². The Kier molecular flexibility index (Phi) is 10.7. The summed E-state index contributed by atoms with van der Waals surface area (Å²) in [6.07, 6.45) is 8.50. The maximum absolute atomic E-state index is 13.1. The molecule has 9 heteroatoms. The summed E-state index contributed by atoms with van der Waals surface area (Å²) in [5.74, 6) is 1.50. The van der Waals surface area contributed by atoms with Crippen LogP contribution in [0.5, 0.6) is 11.5 Å². The zero-order valence-electron chi connectivity index (χ0n) is 21.0. The second-order valence-electron chi connectivity index (χ2n) is 9.49. The summed E-state index contributed by atoms with van der Waals surface area (Å²) in [4.78, 5) is 29.6. The number of ether oxygens (including phenoxy) is 3. The van der Waals surface area contributed by atoms with Crippen LogP contribution >= 0.6 is 0 Å². The van der Waals surface area contributed by atoms with Crippen molar-refractivity contribution in [3.8, 4) is 11.5 Å². The van der Waals surface area contributed by atoms with E-state index >= 15 is 0 Å². The fraction of sp³-hybridized carbons (Fsp3) is 0.654. The van der Waals surface area contributed by atoms with E-state index in [9.17, 15) is 9.59 Å². The Balaban J connectivity index is 1.60. The van der Waals surface area contributed by atoms with E-state index in [1.54, 1.807) is 32.4 Å². The monoisotopic (exact) mass is 488 g/mol. The Hall–Kier alpha value is -2.81. The number of guanidine groups is 1. The van der Waals surface area contributed by atoms with E-state index in [1.807, 2.05) is 0 Å². The van der Waals surface area contributed by atoms with Gasteiger partial charge in [-0.05, 0) is 48.8 Å². The van der Waals surface area contributed by atoms with E-state index in [4.69, 9.17) is 19.9 Å². The first-order chi connectivity index (χ1) is 17.0. The predicted molar refractivity (Wildman–Crippen MR) is 135 cm³/mol. The van der Waals surface area contributed by atoms with Crippen molar-refractivity contribution in [2.45, 2.75) is 63.8 Å². The smallest absolute Gasteiger partial charge is 0.253 e. The number of carbonyl (C=O) groups is 2. The fourth-order valence-electron chi connectivity index (χ4n) is 4.86. The Morgan fingerprint density at radius 1 is 1.06 bits per heavy atom. The fourth-order valence-corrected chi connectivity index (χ4v) is 4.86. The highest BCUT2D eigenvalue weighted by atomic mass is 16.5. The number of hydrogen-bond donors (Lipinski definition) is 3. The molecule has 9 nitrogen and oxygen atoms in total. The molecule has 35 heavy (non-hydrogen) atoms. The Bertz CT molecular complexity index is 863. The number of nitrogens with two attached hydrogens (primary N) is 1. The normalized spacial score (nSPS) is 18.5. The first-order valence-corrected chi connectivity index (χ1v) is 12.7. The van der Waals surface area contributed by atoms with Crippen molar-refractivity contribution in [1.82, 2.24) is 10.6 Å². The second kappa shape index (κ2) is 13.9. The molecular formula is C26H40N4O5. The molecule has 0 bridgehead atoms. The van der Waals surface area contributed by atoms with Crippen LogP contribution in [0.15, 0.2) is 23.2 Å². The van der Waals surface area contributed by atoms with Gasteiger partial charge < -0.3 is 30.6 Å². The molecule has 1 aromatic rings. The maximum Gasteiger partial charge on any atom is 0.253 e. The summed E-state index contributed by atoms with van der Waals surface area (Å²) in [7, 11) is 3.10. The molecule has 0 unspecified atom stereocenters. The molecule has 4 N–H and O–H groups in total. The van der Waals surface area contributed by atoms with Crippen molar-refractivity contribution in [2.24, 2.45) is 22.6 Å². The van der Waals surface area contributed by atoms with Crippen molar-refractivity contribution < 1.29 is 23.8 Å². The number of rotatable bonds is 10. The van der Waals surface area contributed by atoms with Gasteiger partial charge in [0, 0.05) is 19.8 Å². The van der Waals surface area contributed by atoms with Crippen LogP contribution < -0.4 is 25.8 Å². The first kappa shape index (κ1) is 26.8. The number of benzene rings is 1. The number of nitrogens with zero attached hydrogens (tertiary/aromatic N) is 1. The molecule has 2 fully saturated rings. The molecule has 1 aliphatic heterocycles. The molecule has 1 atom stereocenters. The van der Waals surface area contributed by atoms with Crippen LogP contribution in [0.2, 0.25) is 0 Å². The lowest BCUT2D eigenvalue weighted by atomic mass is 9.84. The third-order valence-electron chi connectivity index (χ3n) is 6.89. The van der Waals surface area contributed by atoms with E-state index in [-0.39, 0.29) is 18.3 Å². The average molecular weight is 489 g/mol. The number of amides is 2. The van der Waals surface area contributed by atoms with Gasteiger partial charge in [0.15, 0.2) is 17.5 Å². The summed E-state index contributed by atoms with van der Waals surface area (Å²) in [5, 5.41) is 6.12. The van der Waals surface area contributed by atoms with Gasteiger partial charge in [-0.25, -0.2) is 0 Å². The van der Waals surface area contributed by atoms with Gasteiger partial charge in [-0.2, -0.15) is 4.99 Å². The third-order valence-corrected chi connectivity index (χ3v) is 6.89. The second-order valence-corrected chi connectivity index (χ2v) is 9.49. The van der Waals surface area contributed by atoms with Gasteiger partial charge in [0.2, 0.25) is 5.91 Å². The molecule has 2 aliphatic rings. The molecule has 1 saturated heterocycles. The van der Waals surface area contributed by atoms with Crippen molar-refractivity contribution in [3.63, 3.8) is 0 Å². The van der Waals surface area contributed by atoms with Gasteiger partial charge in [0.1, 0.15) is 6.04 Å². The summed E-state index contributed by atoms with van der Waals surface area (Å²) in [5.41, 5.74) is 6.82. The molecule has 0 radical (unpaired) electrons. The molecule has 0 aromatic heterocycles. The van der Waals surface area contributed by atoms with Crippen LogP contribution in [0, 0.1) is 11.8 Å². The topological polar surface area (TPSA) is 124 Å². The minimum Gasteiger partial charge on any atom is -0.493 e. The van der Waals surface area contributed by atoms with E-state index in [1.165, 1.54) is 19.3 Å². The van der Waals surface area contributed by atoms with Gasteiger partial charge in [-0.3, -0.25) is 9.59 Å². The largest absolute Gasteiger partial charge is 0.493 e. The minimum absolute atomic E-state index is 0.0301. The number of aliphatic imine (C=N–C) groups is 1. The van der Waals surface area contributed by atoms with E-state index in [0.29, 0.717) is 36.3 Å². The zero-order valence-corrected chi connectivity index (χ0v) is 21.0. The van der Waals surface area contributed by atoms with E-state index in [0.717, 1.165) is 44.5 Å². The van der Waals surface area contributed by atoms with Crippen LogP contribution in [-0.2, 0) is 20.7 Å². The average Bonchev–Trinajstić information content (AvgIpc) is 2.87. The van der Waals surface area contributed by atoms with Crippen molar-refractivity contribution in [3.05, 3.63) is 23.8 Å². The van der Waals surface area contributed by atoms with Gasteiger partial charge in [-0.15, -0.1) is 0 Å². The standard InChI is InChI=1S/C26H40N4O5/c1-33-22-9-8-20(15-23(22)34-2)16-24(31)30-26(27)29-21(14-18-6-4-3-5-7-18)25(32)28-17-19-10-12-35-13-11-19/h8-9,15,18-19,21H,3-7,10-14,16-17H2,1-2H3,(H,28,32)(H3,27,29,30,31)/t21-/m1/s1. The van der Waals surface area contributed by atoms with Crippen molar-refractivity contribution in [1.29, 1.82) is 0 Å². The lowest BCUT2D eigenvalue weighted by Crippen LogP contribution is -2.51. The highest BCUT2D eigenvalue weighted by Gasteiger charge is 2.26. The maximum atomic E-state index is 13.1. The summed E-state index contributed by atoms with van der Waals surface area (Å²) < 4.78 is 15.9.